The van der Waals surface area contributed by atoms with Gasteiger partial charge in [0.2, 0.25) is 0 Å². The zero-order valence-electron chi connectivity index (χ0n) is 29.3. The molecule has 0 aliphatic heterocycles. The monoisotopic (exact) mass is 655 g/mol. The maximum absolute atomic E-state index is 2.47. The average molecular weight is 656 g/mol. The molecule has 0 spiro atoms. The van der Waals surface area contributed by atoms with Crippen LogP contribution in [0.4, 0.5) is 17.1 Å². The maximum Gasteiger partial charge on any atom is 0.0546 e. The van der Waals surface area contributed by atoms with Crippen LogP contribution < -0.4 is 4.90 Å². The summed E-state index contributed by atoms with van der Waals surface area (Å²) >= 11 is 0. The van der Waals surface area contributed by atoms with E-state index in [0.717, 1.165) is 29.9 Å². The molecule has 0 fully saturated rings. The first-order valence-electron chi connectivity index (χ1n) is 18.1. The Labute approximate surface area is 302 Å². The van der Waals surface area contributed by atoms with Gasteiger partial charge in [-0.1, -0.05) is 172 Å². The highest BCUT2D eigenvalue weighted by Crippen LogP contribution is 2.47. The first-order valence-corrected chi connectivity index (χ1v) is 18.1. The van der Waals surface area contributed by atoms with Crippen molar-refractivity contribution in [2.24, 2.45) is 0 Å². The van der Waals surface area contributed by atoms with Crippen molar-refractivity contribution in [1.29, 1.82) is 0 Å². The van der Waals surface area contributed by atoms with Gasteiger partial charge < -0.3 is 4.90 Å². The molecule has 0 amide bonds. The second-order valence-electron chi connectivity index (χ2n) is 13.0. The summed E-state index contributed by atoms with van der Waals surface area (Å²) in [6, 6.07) is 68.6. The Morgan fingerprint density at radius 2 is 0.863 bits per heavy atom. The van der Waals surface area contributed by atoms with E-state index in [1.54, 1.807) is 0 Å². The zero-order valence-corrected chi connectivity index (χ0v) is 29.3. The van der Waals surface area contributed by atoms with E-state index < -0.39 is 0 Å². The molecule has 0 unspecified atom stereocenters. The van der Waals surface area contributed by atoms with Gasteiger partial charge in [0, 0.05) is 16.8 Å². The average Bonchev–Trinajstić information content (AvgIpc) is 3.22. The van der Waals surface area contributed by atoms with Gasteiger partial charge in [0.25, 0.3) is 0 Å². The fraction of sp³-hybridized carbons (Fsp3) is 0.0800. The summed E-state index contributed by atoms with van der Waals surface area (Å²) in [4.78, 5) is 2.47. The van der Waals surface area contributed by atoms with Crippen LogP contribution >= 0.6 is 0 Å². The first-order chi connectivity index (χ1) is 25.2. The van der Waals surface area contributed by atoms with Crippen molar-refractivity contribution in [3.8, 4) is 44.5 Å². The molecule has 1 heteroatoms. The van der Waals surface area contributed by atoms with Crippen LogP contribution in [0.2, 0.25) is 0 Å². The van der Waals surface area contributed by atoms with Crippen molar-refractivity contribution in [3.05, 3.63) is 199 Å². The van der Waals surface area contributed by atoms with Gasteiger partial charge in [0.05, 0.1) is 5.69 Å². The van der Waals surface area contributed by atoms with E-state index in [1.165, 1.54) is 66.4 Å². The van der Waals surface area contributed by atoms with Crippen LogP contribution in [0.1, 0.15) is 25.0 Å². The summed E-state index contributed by atoms with van der Waals surface area (Å²) < 4.78 is 0. The second-order valence-corrected chi connectivity index (χ2v) is 13.0. The molecule has 0 aromatic heterocycles. The Kier molecular flexibility index (Phi) is 9.02. The lowest BCUT2D eigenvalue weighted by molar-refractivity contribution is 1.11. The molecular formula is C50H41N. The smallest absolute Gasteiger partial charge is 0.0546 e. The molecule has 0 heterocycles. The number of aryl methyl sites for hydroxylation is 2. The van der Waals surface area contributed by atoms with E-state index in [4.69, 9.17) is 0 Å². The van der Waals surface area contributed by atoms with Crippen molar-refractivity contribution in [3.63, 3.8) is 0 Å². The van der Waals surface area contributed by atoms with Crippen LogP contribution in [0.3, 0.4) is 0 Å². The quantitative estimate of drug-likeness (QED) is 0.150. The van der Waals surface area contributed by atoms with Crippen molar-refractivity contribution >= 4 is 27.8 Å². The number of fused-ring (bicyclic) bond motifs is 1. The minimum absolute atomic E-state index is 0.935. The Morgan fingerprint density at radius 3 is 1.53 bits per heavy atom. The van der Waals surface area contributed by atoms with E-state index in [-0.39, 0.29) is 0 Å². The predicted octanol–water partition coefficient (Wildman–Crippen LogP) is 14.1. The summed E-state index contributed by atoms with van der Waals surface area (Å²) in [5, 5.41) is 2.44. The van der Waals surface area contributed by atoms with Crippen LogP contribution in [0.15, 0.2) is 188 Å². The largest absolute Gasteiger partial charge is 0.310 e. The fourth-order valence-corrected chi connectivity index (χ4v) is 7.53. The van der Waals surface area contributed by atoms with Gasteiger partial charge in [-0.3, -0.25) is 0 Å². The Morgan fingerprint density at radius 1 is 0.353 bits per heavy atom. The maximum atomic E-state index is 2.47. The molecule has 8 rings (SSSR count). The Bertz CT molecular complexity index is 2410. The summed E-state index contributed by atoms with van der Waals surface area (Å²) in [5.41, 5.74) is 16.1. The molecule has 0 radical (unpaired) electrons. The normalized spacial score (nSPS) is 11.1. The lowest BCUT2D eigenvalue weighted by atomic mass is 9.88. The molecule has 51 heavy (non-hydrogen) atoms. The topological polar surface area (TPSA) is 3.24 Å². The minimum Gasteiger partial charge on any atom is -0.310 e. The second kappa shape index (κ2) is 14.4. The van der Waals surface area contributed by atoms with E-state index in [2.05, 4.69) is 207 Å². The molecular weight excluding hydrogens is 615 g/mol. The molecule has 0 atom stereocenters. The van der Waals surface area contributed by atoms with Gasteiger partial charge >= 0.3 is 0 Å². The lowest BCUT2D eigenvalue weighted by Crippen LogP contribution is -2.12. The number of hydrogen-bond acceptors (Lipinski definition) is 1. The number of anilines is 3. The third-order valence-corrected chi connectivity index (χ3v) is 10.1. The van der Waals surface area contributed by atoms with Crippen LogP contribution in [0, 0.1) is 0 Å². The molecule has 0 aliphatic carbocycles. The summed E-state index contributed by atoms with van der Waals surface area (Å²) in [7, 11) is 0. The van der Waals surface area contributed by atoms with E-state index in [1.807, 2.05) is 0 Å². The number of nitrogens with zero attached hydrogens (tertiary/aromatic N) is 1. The minimum atomic E-state index is 0.935. The number of rotatable bonds is 9. The molecule has 0 saturated carbocycles. The molecule has 1 nitrogen and oxygen atoms in total. The van der Waals surface area contributed by atoms with Gasteiger partial charge in [0.15, 0.2) is 0 Å². The Hall–Kier alpha value is -6.18. The molecule has 0 N–H and O–H groups in total. The van der Waals surface area contributed by atoms with Crippen molar-refractivity contribution in [2.75, 3.05) is 4.90 Å². The zero-order chi connectivity index (χ0) is 34.6. The first kappa shape index (κ1) is 32.0. The predicted molar refractivity (Wildman–Crippen MR) is 219 cm³/mol. The molecule has 0 aliphatic rings. The third kappa shape index (κ3) is 6.24. The van der Waals surface area contributed by atoms with Crippen LogP contribution in [0.5, 0.6) is 0 Å². The lowest BCUT2D eigenvalue weighted by Gasteiger charge is -2.30. The fourth-order valence-electron chi connectivity index (χ4n) is 7.53. The highest BCUT2D eigenvalue weighted by Gasteiger charge is 2.22. The summed E-state index contributed by atoms with van der Waals surface area (Å²) in [5.74, 6) is 0. The van der Waals surface area contributed by atoms with Gasteiger partial charge in [-0.05, 0) is 104 Å². The number of hydrogen-bond donors (Lipinski definition) is 0. The molecule has 8 aromatic rings. The molecule has 0 bridgehead atoms. The third-order valence-electron chi connectivity index (χ3n) is 10.1. The number of benzene rings is 8. The Balaban J connectivity index is 1.40. The highest BCUT2D eigenvalue weighted by atomic mass is 15.1. The van der Waals surface area contributed by atoms with Crippen LogP contribution in [0.25, 0.3) is 55.3 Å². The van der Waals surface area contributed by atoms with E-state index in [0.29, 0.717) is 0 Å². The summed E-state index contributed by atoms with van der Waals surface area (Å²) in [6.45, 7) is 4.52. The van der Waals surface area contributed by atoms with Crippen molar-refractivity contribution in [1.82, 2.24) is 0 Å². The highest BCUT2D eigenvalue weighted by molar-refractivity contribution is 6.11. The molecule has 0 saturated heterocycles. The van der Waals surface area contributed by atoms with Crippen LogP contribution in [-0.2, 0) is 12.8 Å². The molecule has 8 aromatic carbocycles. The van der Waals surface area contributed by atoms with E-state index in [9.17, 15) is 0 Å². The van der Waals surface area contributed by atoms with Crippen LogP contribution in [-0.4, -0.2) is 0 Å². The van der Waals surface area contributed by atoms with Gasteiger partial charge in [-0.2, -0.15) is 0 Å². The summed E-state index contributed by atoms with van der Waals surface area (Å²) in [6.07, 6.45) is 1.94. The van der Waals surface area contributed by atoms with Gasteiger partial charge in [0.1, 0.15) is 0 Å². The van der Waals surface area contributed by atoms with Gasteiger partial charge in [-0.25, -0.2) is 0 Å². The SMILES string of the molecule is CCc1ccccc1-c1ccc(N(c2ccc(-c3ccccc3)cc2)c2cc(-c3ccccc3)c(-c3ccccc3)c3ccccc23)cc1CC. The standard InChI is InChI=1S/C50H41N/c1-3-36-18-14-15-25-44(36)45-33-32-43(34-37(45)4-2)51(42-30-28-39(29-31-42)38-19-8-5-9-20-38)49-35-48(40-21-10-6-11-22-40)50(41-23-12-7-13-24-41)47-27-17-16-26-46(47)49/h5-35H,3-4H2,1-2H3. The van der Waals surface area contributed by atoms with Crippen molar-refractivity contribution in [2.45, 2.75) is 26.7 Å². The van der Waals surface area contributed by atoms with E-state index >= 15 is 0 Å². The molecule has 246 valence electrons. The van der Waals surface area contributed by atoms with Crippen molar-refractivity contribution < 1.29 is 0 Å². The van der Waals surface area contributed by atoms with Gasteiger partial charge in [-0.15, -0.1) is 0 Å².